The first-order valence-electron chi connectivity index (χ1n) is 6.09. The maximum Gasteiger partial charge on any atom is 0.193 e. The van der Waals surface area contributed by atoms with E-state index in [1.807, 2.05) is 41.6 Å². The fourth-order valence-electron chi connectivity index (χ4n) is 1.79. The van der Waals surface area contributed by atoms with E-state index in [2.05, 4.69) is 45.2 Å². The Hall–Kier alpha value is -0.100. The third kappa shape index (κ3) is 4.01. The predicted molar refractivity (Wildman–Crippen MR) is 107 cm³/mol. The second-order valence-corrected chi connectivity index (χ2v) is 7.68. The number of hydrogen-bond donors (Lipinski definition) is 1. The van der Waals surface area contributed by atoms with Crippen LogP contribution < -0.4 is 4.74 Å². The second kappa shape index (κ2) is 7.44. The fraction of sp³-hybridized carbons (Fsp3) is 0.133. The Labute approximate surface area is 163 Å². The van der Waals surface area contributed by atoms with Crippen LogP contribution in [-0.4, -0.2) is 17.5 Å². The molecule has 3 nitrogen and oxygen atoms in total. The SMILES string of the molecule is CCOc1c(I)cc(C(=O)c2ccc(O)c(I)c2)cc1I. The molecule has 2 rings (SSSR count). The topological polar surface area (TPSA) is 46.5 Å². The zero-order valence-corrected chi connectivity index (χ0v) is 17.5. The molecule has 0 atom stereocenters. The molecule has 0 unspecified atom stereocenters. The maximum atomic E-state index is 12.6. The first-order valence-corrected chi connectivity index (χ1v) is 9.32. The molecular weight excluding hydrogens is 609 g/mol. The number of phenols is 1. The number of benzene rings is 2. The number of hydrogen-bond acceptors (Lipinski definition) is 3. The Kier molecular flexibility index (Phi) is 6.12. The van der Waals surface area contributed by atoms with Crippen molar-refractivity contribution in [2.75, 3.05) is 6.61 Å². The molecule has 0 spiro atoms. The van der Waals surface area contributed by atoms with Gasteiger partial charge in [-0.15, -0.1) is 0 Å². The molecule has 0 aliphatic carbocycles. The third-order valence-electron chi connectivity index (χ3n) is 2.76. The summed E-state index contributed by atoms with van der Waals surface area (Å²) in [4.78, 5) is 12.6. The van der Waals surface area contributed by atoms with Crippen LogP contribution in [-0.2, 0) is 0 Å². The first kappa shape index (κ1) is 17.3. The van der Waals surface area contributed by atoms with Crippen molar-refractivity contribution in [2.45, 2.75) is 6.92 Å². The molecule has 0 aromatic heterocycles. The Bertz CT molecular complexity index is 676. The van der Waals surface area contributed by atoms with Crippen LogP contribution in [0.3, 0.4) is 0 Å². The monoisotopic (exact) mass is 620 g/mol. The summed E-state index contributed by atoms with van der Waals surface area (Å²) >= 11 is 6.36. The molecule has 0 heterocycles. The molecule has 0 amide bonds. The largest absolute Gasteiger partial charge is 0.507 e. The number of halogens is 3. The maximum absolute atomic E-state index is 12.6. The molecule has 110 valence electrons. The normalized spacial score (nSPS) is 10.5. The summed E-state index contributed by atoms with van der Waals surface area (Å²) in [5.41, 5.74) is 1.18. The van der Waals surface area contributed by atoms with Crippen molar-refractivity contribution in [3.63, 3.8) is 0 Å². The molecule has 0 bridgehead atoms. The summed E-state index contributed by atoms with van der Waals surface area (Å²) < 4.78 is 8.07. The van der Waals surface area contributed by atoms with Crippen LogP contribution in [0.4, 0.5) is 0 Å². The van der Waals surface area contributed by atoms with Gasteiger partial charge < -0.3 is 9.84 Å². The Balaban J connectivity index is 2.41. The lowest BCUT2D eigenvalue weighted by Gasteiger charge is -2.11. The molecule has 2 aromatic rings. The van der Waals surface area contributed by atoms with Crippen molar-refractivity contribution in [2.24, 2.45) is 0 Å². The van der Waals surface area contributed by atoms with Gasteiger partial charge in [0.2, 0.25) is 0 Å². The fourth-order valence-corrected chi connectivity index (χ4v) is 4.38. The standard InChI is InChI=1S/C15H11I3O3/c1-2-21-15-11(17)6-9(7-12(15)18)14(20)8-3-4-13(19)10(16)5-8/h3-7,19H,2H2,1H3. The number of aromatic hydroxyl groups is 1. The molecule has 0 saturated carbocycles. The molecular formula is C15H11I3O3. The summed E-state index contributed by atoms with van der Waals surface area (Å²) in [5, 5.41) is 9.54. The molecule has 0 aliphatic heterocycles. The summed E-state index contributed by atoms with van der Waals surface area (Å²) in [6.07, 6.45) is 0. The van der Waals surface area contributed by atoms with Gasteiger partial charge in [-0.3, -0.25) is 4.79 Å². The van der Waals surface area contributed by atoms with Crippen molar-refractivity contribution >= 4 is 73.6 Å². The van der Waals surface area contributed by atoms with Gasteiger partial charge in [0.25, 0.3) is 0 Å². The first-order chi connectivity index (χ1) is 9.93. The molecule has 0 radical (unpaired) electrons. The smallest absolute Gasteiger partial charge is 0.193 e. The van der Waals surface area contributed by atoms with Crippen LogP contribution >= 0.6 is 67.8 Å². The minimum Gasteiger partial charge on any atom is -0.507 e. The van der Waals surface area contributed by atoms with Crippen LogP contribution in [0, 0.1) is 10.7 Å². The highest BCUT2D eigenvalue weighted by Gasteiger charge is 2.15. The highest BCUT2D eigenvalue weighted by Crippen LogP contribution is 2.30. The molecule has 21 heavy (non-hydrogen) atoms. The van der Waals surface area contributed by atoms with Crippen molar-refractivity contribution in [3.8, 4) is 11.5 Å². The average Bonchev–Trinajstić information content (AvgIpc) is 2.45. The summed E-state index contributed by atoms with van der Waals surface area (Å²) in [7, 11) is 0. The van der Waals surface area contributed by atoms with Gasteiger partial charge in [0.15, 0.2) is 5.78 Å². The number of carbonyl (C=O) groups excluding carboxylic acids is 1. The number of ketones is 1. The molecule has 0 aliphatic rings. The number of rotatable bonds is 4. The highest BCUT2D eigenvalue weighted by molar-refractivity contribution is 14.1. The zero-order chi connectivity index (χ0) is 15.6. The van der Waals surface area contributed by atoms with Crippen LogP contribution in [0.2, 0.25) is 0 Å². The van der Waals surface area contributed by atoms with Gasteiger partial charge in [-0.25, -0.2) is 0 Å². The number of carbonyl (C=O) groups is 1. The van der Waals surface area contributed by atoms with E-state index < -0.39 is 0 Å². The van der Waals surface area contributed by atoms with Crippen molar-refractivity contribution < 1.29 is 14.6 Å². The van der Waals surface area contributed by atoms with E-state index in [1.165, 1.54) is 0 Å². The molecule has 0 saturated heterocycles. The van der Waals surface area contributed by atoms with Gasteiger partial charge in [-0.1, -0.05) is 0 Å². The van der Waals surface area contributed by atoms with E-state index in [-0.39, 0.29) is 11.5 Å². The molecule has 2 aromatic carbocycles. The Morgan fingerprint density at radius 2 is 1.62 bits per heavy atom. The van der Waals surface area contributed by atoms with Crippen LogP contribution in [0.25, 0.3) is 0 Å². The van der Waals surface area contributed by atoms with E-state index in [1.54, 1.807) is 18.2 Å². The van der Waals surface area contributed by atoms with E-state index >= 15 is 0 Å². The van der Waals surface area contributed by atoms with E-state index in [9.17, 15) is 9.90 Å². The Morgan fingerprint density at radius 3 is 2.14 bits per heavy atom. The van der Waals surface area contributed by atoms with Crippen molar-refractivity contribution in [1.29, 1.82) is 0 Å². The quantitative estimate of drug-likeness (QED) is 0.394. The van der Waals surface area contributed by atoms with Gasteiger partial charge in [0.05, 0.1) is 17.3 Å². The predicted octanol–water partition coefficient (Wildman–Crippen LogP) is 4.84. The lowest BCUT2D eigenvalue weighted by molar-refractivity contribution is 0.103. The van der Waals surface area contributed by atoms with E-state index in [0.29, 0.717) is 21.3 Å². The van der Waals surface area contributed by atoms with Gasteiger partial charge >= 0.3 is 0 Å². The van der Waals surface area contributed by atoms with Crippen molar-refractivity contribution in [1.82, 2.24) is 0 Å². The average molecular weight is 620 g/mol. The minimum atomic E-state index is -0.0632. The zero-order valence-electron chi connectivity index (χ0n) is 11.0. The van der Waals surface area contributed by atoms with Crippen LogP contribution in [0.5, 0.6) is 11.5 Å². The third-order valence-corrected chi connectivity index (χ3v) is 5.23. The van der Waals surface area contributed by atoms with Crippen LogP contribution in [0.1, 0.15) is 22.8 Å². The van der Waals surface area contributed by atoms with Gasteiger partial charge in [0.1, 0.15) is 11.5 Å². The van der Waals surface area contributed by atoms with Crippen molar-refractivity contribution in [3.05, 3.63) is 52.2 Å². The summed E-state index contributed by atoms with van der Waals surface area (Å²) in [5.74, 6) is 0.935. The van der Waals surface area contributed by atoms with E-state index in [4.69, 9.17) is 4.74 Å². The summed E-state index contributed by atoms with van der Waals surface area (Å²) in [6, 6.07) is 8.52. The highest BCUT2D eigenvalue weighted by atomic mass is 127. The number of phenolic OH excluding ortho intramolecular Hbond substituents is 1. The summed E-state index contributed by atoms with van der Waals surface area (Å²) in [6.45, 7) is 2.53. The minimum absolute atomic E-state index is 0.0632. The van der Waals surface area contributed by atoms with Gasteiger partial charge in [0, 0.05) is 11.1 Å². The Morgan fingerprint density at radius 1 is 1.05 bits per heavy atom. The molecule has 1 N–H and O–H groups in total. The van der Waals surface area contributed by atoms with Gasteiger partial charge in [-0.05, 0) is 105 Å². The van der Waals surface area contributed by atoms with E-state index in [0.717, 1.165) is 12.9 Å². The molecule has 6 heteroatoms. The van der Waals surface area contributed by atoms with Gasteiger partial charge in [-0.2, -0.15) is 0 Å². The molecule has 0 fully saturated rings. The number of ether oxygens (including phenoxy) is 1. The lowest BCUT2D eigenvalue weighted by Crippen LogP contribution is -2.05. The second-order valence-electron chi connectivity index (χ2n) is 4.20. The lowest BCUT2D eigenvalue weighted by atomic mass is 10.0. The van der Waals surface area contributed by atoms with Crippen LogP contribution in [0.15, 0.2) is 30.3 Å².